The molecule has 0 saturated heterocycles. The number of hydrogen-bond acceptors (Lipinski definition) is 15. The van der Waals surface area contributed by atoms with Crippen molar-refractivity contribution in [2.75, 3.05) is 39.6 Å². The Morgan fingerprint density at radius 2 is 0.484 bits per heavy atom. The monoisotopic (exact) mass is 1400 g/mol. The van der Waals surface area contributed by atoms with Gasteiger partial charge in [0.1, 0.15) is 19.3 Å². The van der Waals surface area contributed by atoms with Crippen molar-refractivity contribution in [2.24, 2.45) is 11.8 Å². The Balaban J connectivity index is 5.14. The van der Waals surface area contributed by atoms with E-state index in [-0.39, 0.29) is 25.7 Å². The molecule has 0 spiro atoms. The number of carbonyl (C=O) groups excluding carboxylic acids is 4. The van der Waals surface area contributed by atoms with Crippen LogP contribution in [0.1, 0.15) is 395 Å². The second-order valence-electron chi connectivity index (χ2n) is 28.3. The molecule has 0 radical (unpaired) electrons. The Hall–Kier alpha value is -1.94. The molecule has 5 atom stereocenters. The first-order valence-electron chi connectivity index (χ1n) is 39.5. The molecule has 0 fully saturated rings. The van der Waals surface area contributed by atoms with Gasteiger partial charge in [-0.3, -0.25) is 37.3 Å². The molecule has 2 unspecified atom stereocenters. The fraction of sp³-hybridized carbons (Fsp3) is 0.947. The molecule has 0 saturated carbocycles. The normalized spacial score (nSPS) is 14.0. The predicted molar refractivity (Wildman–Crippen MR) is 386 cm³/mol. The zero-order valence-electron chi connectivity index (χ0n) is 62.0. The van der Waals surface area contributed by atoms with E-state index in [1.165, 1.54) is 205 Å². The van der Waals surface area contributed by atoms with E-state index in [0.717, 1.165) is 108 Å². The zero-order valence-corrected chi connectivity index (χ0v) is 63.8. The van der Waals surface area contributed by atoms with Crippen LogP contribution in [0.3, 0.4) is 0 Å². The van der Waals surface area contributed by atoms with Crippen molar-refractivity contribution >= 4 is 39.5 Å². The Bertz CT molecular complexity index is 1840. The third kappa shape index (κ3) is 70.3. The lowest BCUT2D eigenvalue weighted by Gasteiger charge is -2.21. The third-order valence-corrected chi connectivity index (χ3v) is 19.6. The standard InChI is InChI=1S/C76H148O17P2/c1-7-9-11-13-14-15-16-17-18-19-22-25-31-36-41-47-53-59-74(79)87-65-72(93-76(81)61-54-48-42-37-32-26-23-20-21-24-29-34-39-45-50-56-68(3)4)67-91-95(84,85)89-63-70(77)62-88-94(82,83)90-66-71(64-86-73(78)58-52-44-12-10-8-2)92-75(80)60-55-49-43-38-33-28-27-30-35-40-46-51-57-69(5)6/h68-72,77H,7-67H2,1-6H3,(H,82,83)(H,84,85)/t70-,71+,72+/m0/s1. The number of carbonyl (C=O) groups is 4. The quantitative estimate of drug-likeness (QED) is 0.0222. The van der Waals surface area contributed by atoms with Crippen molar-refractivity contribution in [3.8, 4) is 0 Å². The Morgan fingerprint density at radius 3 is 0.716 bits per heavy atom. The molecule has 0 aliphatic rings. The molecule has 17 nitrogen and oxygen atoms in total. The number of phosphoric acid groups is 2. The summed E-state index contributed by atoms with van der Waals surface area (Å²) in [5.74, 6) is -0.546. The Labute approximate surface area is 581 Å². The minimum absolute atomic E-state index is 0.106. The summed E-state index contributed by atoms with van der Waals surface area (Å²) in [6.07, 6.45) is 55.9. The van der Waals surface area contributed by atoms with Crippen LogP contribution in [0, 0.1) is 11.8 Å². The fourth-order valence-corrected chi connectivity index (χ4v) is 13.2. The van der Waals surface area contributed by atoms with Gasteiger partial charge in [-0.05, 0) is 37.5 Å². The van der Waals surface area contributed by atoms with E-state index >= 15 is 0 Å². The molecule has 0 aromatic heterocycles. The molecule has 0 heterocycles. The van der Waals surface area contributed by atoms with Gasteiger partial charge >= 0.3 is 39.5 Å². The van der Waals surface area contributed by atoms with Gasteiger partial charge in [0.2, 0.25) is 0 Å². The minimum atomic E-state index is -4.96. The largest absolute Gasteiger partial charge is 0.472 e. The molecule has 0 aliphatic carbocycles. The number of rotatable bonds is 75. The number of hydrogen-bond donors (Lipinski definition) is 3. The molecule has 0 bridgehead atoms. The molecule has 0 aromatic carbocycles. The van der Waals surface area contributed by atoms with Crippen LogP contribution in [0.5, 0.6) is 0 Å². The van der Waals surface area contributed by atoms with E-state index < -0.39 is 97.5 Å². The Morgan fingerprint density at radius 1 is 0.284 bits per heavy atom. The highest BCUT2D eigenvalue weighted by atomic mass is 31.2. The summed E-state index contributed by atoms with van der Waals surface area (Å²) in [6, 6.07) is 0. The van der Waals surface area contributed by atoms with Crippen LogP contribution in [0.25, 0.3) is 0 Å². The van der Waals surface area contributed by atoms with E-state index in [1.807, 2.05) is 0 Å². The Kier molecular flexibility index (Phi) is 66.5. The number of aliphatic hydroxyl groups excluding tert-OH is 1. The maximum atomic E-state index is 13.1. The lowest BCUT2D eigenvalue weighted by atomic mass is 10.0. The second kappa shape index (κ2) is 67.9. The lowest BCUT2D eigenvalue weighted by molar-refractivity contribution is -0.161. The summed E-state index contributed by atoms with van der Waals surface area (Å²) in [7, 11) is -9.90. The van der Waals surface area contributed by atoms with Crippen LogP contribution in [0.15, 0.2) is 0 Å². The summed E-state index contributed by atoms with van der Waals surface area (Å²) in [5, 5.41) is 10.6. The van der Waals surface area contributed by atoms with Gasteiger partial charge in [0.25, 0.3) is 0 Å². The van der Waals surface area contributed by atoms with Crippen molar-refractivity contribution in [1.82, 2.24) is 0 Å². The summed E-state index contributed by atoms with van der Waals surface area (Å²) in [4.78, 5) is 72.5. The fourth-order valence-electron chi connectivity index (χ4n) is 11.7. The van der Waals surface area contributed by atoms with Crippen LogP contribution in [0.4, 0.5) is 0 Å². The summed E-state index contributed by atoms with van der Waals surface area (Å²) >= 11 is 0. The summed E-state index contributed by atoms with van der Waals surface area (Å²) in [5.41, 5.74) is 0. The summed E-state index contributed by atoms with van der Waals surface area (Å²) < 4.78 is 68.3. The number of aliphatic hydroxyl groups is 1. The van der Waals surface area contributed by atoms with Gasteiger partial charge in [0.15, 0.2) is 12.2 Å². The van der Waals surface area contributed by atoms with E-state index in [0.29, 0.717) is 25.7 Å². The molecule has 0 aromatic rings. The van der Waals surface area contributed by atoms with Crippen LogP contribution in [0.2, 0.25) is 0 Å². The zero-order chi connectivity index (χ0) is 70.0. The van der Waals surface area contributed by atoms with Crippen LogP contribution in [-0.2, 0) is 65.4 Å². The van der Waals surface area contributed by atoms with Gasteiger partial charge in [-0.1, -0.05) is 343 Å². The molecule has 19 heteroatoms. The summed E-state index contributed by atoms with van der Waals surface area (Å²) in [6.45, 7) is 9.55. The van der Waals surface area contributed by atoms with E-state index in [1.54, 1.807) is 0 Å². The first-order chi connectivity index (χ1) is 45.9. The van der Waals surface area contributed by atoms with E-state index in [4.69, 9.17) is 37.0 Å². The maximum Gasteiger partial charge on any atom is 0.472 e. The highest BCUT2D eigenvalue weighted by Gasteiger charge is 2.30. The van der Waals surface area contributed by atoms with Gasteiger partial charge in [-0.15, -0.1) is 0 Å². The smallest absolute Gasteiger partial charge is 0.462 e. The molecule has 0 rings (SSSR count). The highest BCUT2D eigenvalue weighted by Crippen LogP contribution is 2.45. The van der Waals surface area contributed by atoms with Crippen molar-refractivity contribution in [2.45, 2.75) is 413 Å². The average molecular weight is 1400 g/mol. The number of ether oxygens (including phenoxy) is 4. The van der Waals surface area contributed by atoms with Gasteiger partial charge in [0.05, 0.1) is 26.4 Å². The van der Waals surface area contributed by atoms with Crippen molar-refractivity contribution in [3.63, 3.8) is 0 Å². The van der Waals surface area contributed by atoms with Crippen molar-refractivity contribution in [1.29, 1.82) is 0 Å². The van der Waals surface area contributed by atoms with Gasteiger partial charge in [-0.25, -0.2) is 9.13 Å². The van der Waals surface area contributed by atoms with Gasteiger partial charge < -0.3 is 33.8 Å². The molecular weight excluding hydrogens is 1250 g/mol. The first-order valence-corrected chi connectivity index (χ1v) is 42.5. The highest BCUT2D eigenvalue weighted by molar-refractivity contribution is 7.47. The molecule has 0 amide bonds. The lowest BCUT2D eigenvalue weighted by Crippen LogP contribution is -2.30. The first kappa shape index (κ1) is 93.1. The second-order valence-corrected chi connectivity index (χ2v) is 31.3. The number of unbranched alkanes of at least 4 members (excludes halogenated alkanes) is 45. The van der Waals surface area contributed by atoms with Gasteiger partial charge in [-0.2, -0.15) is 0 Å². The van der Waals surface area contributed by atoms with Crippen LogP contribution >= 0.6 is 15.6 Å². The van der Waals surface area contributed by atoms with E-state index in [9.17, 15) is 43.2 Å². The van der Waals surface area contributed by atoms with E-state index in [2.05, 4.69) is 41.5 Å². The molecule has 95 heavy (non-hydrogen) atoms. The molecular formula is C76H148O17P2. The number of phosphoric ester groups is 2. The molecule has 0 aliphatic heterocycles. The van der Waals surface area contributed by atoms with Crippen LogP contribution < -0.4 is 0 Å². The third-order valence-electron chi connectivity index (χ3n) is 17.7. The topological polar surface area (TPSA) is 237 Å². The van der Waals surface area contributed by atoms with Crippen LogP contribution in [-0.4, -0.2) is 96.7 Å². The predicted octanol–water partition coefficient (Wildman–Crippen LogP) is 22.3. The van der Waals surface area contributed by atoms with Gasteiger partial charge in [0, 0.05) is 25.7 Å². The van der Waals surface area contributed by atoms with Crippen molar-refractivity contribution < 1.29 is 80.2 Å². The van der Waals surface area contributed by atoms with Crippen molar-refractivity contribution in [3.05, 3.63) is 0 Å². The minimum Gasteiger partial charge on any atom is -0.462 e. The number of esters is 4. The molecule has 3 N–H and O–H groups in total. The molecule has 564 valence electrons. The maximum absolute atomic E-state index is 13.1. The SMILES string of the molecule is CCCCCCCCCCCCCCCCCCCC(=O)OC[C@H](COP(=O)(O)OC[C@@H](O)COP(=O)(O)OC[C@@H](COC(=O)CCCCCCC)OC(=O)CCCCCCCCCCCCCCC(C)C)OC(=O)CCCCCCCCCCCCCCCCCC(C)C. The average Bonchev–Trinajstić information content (AvgIpc) is 1.52.